The Balaban J connectivity index is 1.52. The molecule has 2 N–H and O–H groups in total. The number of ether oxygens (including phenoxy) is 1. The molecule has 1 fully saturated rings. The molecule has 29 heavy (non-hydrogen) atoms. The molecule has 0 radical (unpaired) electrons. The Morgan fingerprint density at radius 2 is 2.07 bits per heavy atom. The molecular formula is C20H32N6O2S. The lowest BCUT2D eigenvalue weighted by Gasteiger charge is -2.34. The van der Waals surface area contributed by atoms with Gasteiger partial charge in [-0.25, -0.2) is 0 Å². The third-order valence-electron chi connectivity index (χ3n) is 4.89. The maximum absolute atomic E-state index is 5.53. The minimum atomic E-state index is 0.271. The van der Waals surface area contributed by atoms with Crippen LogP contribution >= 0.6 is 11.3 Å². The Bertz CT molecular complexity index is 782. The molecule has 1 saturated heterocycles. The molecule has 2 aromatic heterocycles. The highest BCUT2D eigenvalue weighted by molar-refractivity contribution is 7.12. The van der Waals surface area contributed by atoms with E-state index < -0.39 is 0 Å². The molecule has 1 aliphatic heterocycles. The predicted molar refractivity (Wildman–Crippen MR) is 116 cm³/mol. The van der Waals surface area contributed by atoms with Crippen molar-refractivity contribution in [1.29, 1.82) is 0 Å². The van der Waals surface area contributed by atoms with Gasteiger partial charge in [-0.3, -0.25) is 9.89 Å². The molecule has 9 heteroatoms. The van der Waals surface area contributed by atoms with Crippen molar-refractivity contribution in [2.75, 3.05) is 46.4 Å². The number of aromatic nitrogens is 2. The van der Waals surface area contributed by atoms with E-state index in [1.807, 2.05) is 11.3 Å². The molecule has 1 aliphatic rings. The fourth-order valence-corrected chi connectivity index (χ4v) is 4.25. The molecule has 0 spiro atoms. The number of hydrogen-bond donors (Lipinski definition) is 2. The summed E-state index contributed by atoms with van der Waals surface area (Å²) >= 11 is 1.86. The van der Waals surface area contributed by atoms with Crippen LogP contribution in [0.25, 0.3) is 0 Å². The van der Waals surface area contributed by atoms with E-state index in [1.165, 1.54) is 9.75 Å². The molecule has 3 heterocycles. The summed E-state index contributed by atoms with van der Waals surface area (Å²) in [7, 11) is 1.79. The Kier molecular flexibility index (Phi) is 8.02. The van der Waals surface area contributed by atoms with Gasteiger partial charge in [0.15, 0.2) is 11.8 Å². The van der Waals surface area contributed by atoms with Crippen molar-refractivity contribution in [1.82, 2.24) is 25.7 Å². The number of nitrogens with one attached hydrogen (secondary N) is 2. The molecule has 0 amide bonds. The molecule has 0 aliphatic carbocycles. The van der Waals surface area contributed by atoms with Crippen molar-refractivity contribution < 1.29 is 9.26 Å². The quantitative estimate of drug-likeness (QED) is 0.501. The van der Waals surface area contributed by atoms with Gasteiger partial charge in [-0.2, -0.15) is 4.98 Å². The first-order chi connectivity index (χ1) is 14.1. The number of rotatable bonds is 8. The van der Waals surface area contributed by atoms with Crippen LogP contribution in [-0.4, -0.2) is 67.4 Å². The van der Waals surface area contributed by atoms with Crippen LogP contribution in [0.2, 0.25) is 0 Å². The lowest BCUT2D eigenvalue weighted by molar-refractivity contribution is 0.0177. The molecule has 3 rings (SSSR count). The van der Waals surface area contributed by atoms with Gasteiger partial charge >= 0.3 is 0 Å². The van der Waals surface area contributed by atoms with E-state index in [2.05, 4.69) is 63.6 Å². The Labute approximate surface area is 176 Å². The van der Waals surface area contributed by atoms with Crippen molar-refractivity contribution in [2.45, 2.75) is 39.2 Å². The number of thiophene rings is 1. The molecule has 2 aromatic rings. The minimum Gasteiger partial charge on any atom is -0.379 e. The molecule has 0 aromatic carbocycles. The average Bonchev–Trinajstić information content (AvgIpc) is 3.37. The van der Waals surface area contributed by atoms with Crippen molar-refractivity contribution in [3.8, 4) is 0 Å². The highest BCUT2D eigenvalue weighted by Gasteiger charge is 2.24. The van der Waals surface area contributed by atoms with E-state index in [0.717, 1.165) is 44.6 Å². The SMILES string of the molecule is CN=C(NCCc1nc(C(C)C)no1)NCC(c1ccc(C)s1)N1CCOCC1. The van der Waals surface area contributed by atoms with Gasteiger partial charge in [-0.05, 0) is 19.1 Å². The lowest BCUT2D eigenvalue weighted by Crippen LogP contribution is -2.46. The van der Waals surface area contributed by atoms with E-state index in [1.54, 1.807) is 7.05 Å². The normalized spacial score (nSPS) is 16.9. The first-order valence-corrected chi connectivity index (χ1v) is 11.0. The number of hydrogen-bond acceptors (Lipinski definition) is 7. The third-order valence-corrected chi connectivity index (χ3v) is 6.00. The van der Waals surface area contributed by atoms with Gasteiger partial charge < -0.3 is 19.9 Å². The topological polar surface area (TPSA) is 87.8 Å². The summed E-state index contributed by atoms with van der Waals surface area (Å²) in [5.74, 6) is 2.45. The van der Waals surface area contributed by atoms with Crippen LogP contribution in [0, 0.1) is 6.92 Å². The highest BCUT2D eigenvalue weighted by Crippen LogP contribution is 2.27. The van der Waals surface area contributed by atoms with Crippen molar-refractivity contribution >= 4 is 17.3 Å². The maximum atomic E-state index is 5.53. The molecule has 160 valence electrons. The Morgan fingerprint density at radius 3 is 2.69 bits per heavy atom. The summed E-state index contributed by atoms with van der Waals surface area (Å²) in [5.41, 5.74) is 0. The fourth-order valence-electron chi connectivity index (χ4n) is 3.24. The van der Waals surface area contributed by atoms with Crippen molar-refractivity contribution in [3.05, 3.63) is 33.6 Å². The number of aliphatic imine (C=N–C) groups is 1. The molecule has 1 unspecified atom stereocenters. The number of morpholine rings is 1. The summed E-state index contributed by atoms with van der Waals surface area (Å²) in [6, 6.07) is 4.73. The monoisotopic (exact) mass is 420 g/mol. The van der Waals surface area contributed by atoms with Crippen molar-refractivity contribution in [2.24, 2.45) is 4.99 Å². The van der Waals surface area contributed by atoms with E-state index in [9.17, 15) is 0 Å². The van der Waals surface area contributed by atoms with Crippen LogP contribution in [0.3, 0.4) is 0 Å². The van der Waals surface area contributed by atoms with Gasteiger partial charge in [0, 0.05) is 55.3 Å². The Hall–Kier alpha value is -1.97. The van der Waals surface area contributed by atoms with Crippen LogP contribution in [0.4, 0.5) is 0 Å². The maximum Gasteiger partial charge on any atom is 0.228 e. The van der Waals surface area contributed by atoms with Crippen LogP contribution in [0.1, 0.15) is 47.3 Å². The largest absolute Gasteiger partial charge is 0.379 e. The molecule has 1 atom stereocenters. The zero-order valence-corrected chi connectivity index (χ0v) is 18.6. The van der Waals surface area contributed by atoms with Crippen LogP contribution in [-0.2, 0) is 11.2 Å². The summed E-state index contributed by atoms with van der Waals surface area (Å²) in [6.45, 7) is 11.2. The van der Waals surface area contributed by atoms with Crippen LogP contribution < -0.4 is 10.6 Å². The molecule has 8 nitrogen and oxygen atoms in total. The van der Waals surface area contributed by atoms with Crippen LogP contribution in [0.15, 0.2) is 21.6 Å². The summed E-state index contributed by atoms with van der Waals surface area (Å²) < 4.78 is 10.8. The summed E-state index contributed by atoms with van der Waals surface area (Å²) in [4.78, 5) is 14.0. The van der Waals surface area contributed by atoms with E-state index >= 15 is 0 Å². The van der Waals surface area contributed by atoms with E-state index in [4.69, 9.17) is 9.26 Å². The van der Waals surface area contributed by atoms with Crippen LogP contribution in [0.5, 0.6) is 0 Å². The zero-order valence-electron chi connectivity index (χ0n) is 17.8. The molecule has 0 bridgehead atoms. The lowest BCUT2D eigenvalue weighted by atomic mass is 10.2. The second kappa shape index (κ2) is 10.7. The number of aryl methyl sites for hydroxylation is 1. The highest BCUT2D eigenvalue weighted by atomic mass is 32.1. The molecule has 0 saturated carbocycles. The zero-order chi connectivity index (χ0) is 20.6. The summed E-state index contributed by atoms with van der Waals surface area (Å²) in [6.07, 6.45) is 0.664. The smallest absolute Gasteiger partial charge is 0.228 e. The first kappa shape index (κ1) is 21.7. The Morgan fingerprint density at radius 1 is 1.28 bits per heavy atom. The average molecular weight is 421 g/mol. The van der Waals surface area contributed by atoms with Gasteiger partial charge in [0.2, 0.25) is 5.89 Å². The second-order valence-corrected chi connectivity index (χ2v) is 8.76. The first-order valence-electron chi connectivity index (χ1n) is 10.2. The number of nitrogens with zero attached hydrogens (tertiary/aromatic N) is 4. The standard InChI is InChI=1S/C20H32N6O2S/c1-14(2)19-24-18(28-25-19)7-8-22-20(21-4)23-13-16(17-6-5-15(3)29-17)26-9-11-27-12-10-26/h5-6,14,16H,7-13H2,1-4H3,(H2,21,22,23). The van der Waals surface area contributed by atoms with E-state index in [0.29, 0.717) is 24.9 Å². The predicted octanol–water partition coefficient (Wildman–Crippen LogP) is 2.34. The minimum absolute atomic E-state index is 0.271. The summed E-state index contributed by atoms with van der Waals surface area (Å²) in [5, 5.41) is 10.8. The van der Waals surface area contributed by atoms with E-state index in [-0.39, 0.29) is 5.92 Å². The van der Waals surface area contributed by atoms with Gasteiger partial charge in [-0.1, -0.05) is 19.0 Å². The molecular weight excluding hydrogens is 388 g/mol. The van der Waals surface area contributed by atoms with Gasteiger partial charge in [0.05, 0.1) is 19.3 Å². The third kappa shape index (κ3) is 6.25. The number of guanidine groups is 1. The fraction of sp³-hybridized carbons (Fsp3) is 0.650. The second-order valence-electron chi connectivity index (χ2n) is 7.44. The van der Waals surface area contributed by atoms with Gasteiger partial charge in [-0.15, -0.1) is 11.3 Å². The van der Waals surface area contributed by atoms with Gasteiger partial charge in [0.25, 0.3) is 0 Å². The van der Waals surface area contributed by atoms with Crippen molar-refractivity contribution in [3.63, 3.8) is 0 Å². The van der Waals surface area contributed by atoms with Gasteiger partial charge in [0.1, 0.15) is 0 Å².